The molecule has 2 rings (SSSR count). The SMILES string of the molecule is CCc1cc(Cl)c(OC)c(N2CCNCC2)c1. The molecule has 1 N–H and O–H groups in total. The van der Waals surface area contributed by atoms with Crippen LogP contribution in [-0.2, 0) is 6.42 Å². The fraction of sp³-hybridized carbons (Fsp3) is 0.538. The highest BCUT2D eigenvalue weighted by Crippen LogP contribution is 2.37. The van der Waals surface area contributed by atoms with E-state index in [1.54, 1.807) is 7.11 Å². The fourth-order valence-electron chi connectivity index (χ4n) is 2.18. The third kappa shape index (κ3) is 2.67. The highest BCUT2D eigenvalue weighted by atomic mass is 35.5. The summed E-state index contributed by atoms with van der Waals surface area (Å²) in [6.07, 6.45) is 0.989. The predicted octanol–water partition coefficient (Wildman–Crippen LogP) is 2.32. The number of halogens is 1. The zero-order valence-electron chi connectivity index (χ0n) is 10.4. The van der Waals surface area contributed by atoms with Gasteiger partial charge in [-0.1, -0.05) is 18.5 Å². The first kappa shape index (κ1) is 12.5. The lowest BCUT2D eigenvalue weighted by Gasteiger charge is -2.31. The molecule has 0 aliphatic carbocycles. The Morgan fingerprint density at radius 2 is 2.06 bits per heavy atom. The Labute approximate surface area is 108 Å². The molecular formula is C13H19ClN2O. The minimum Gasteiger partial charge on any atom is -0.493 e. The summed E-state index contributed by atoms with van der Waals surface area (Å²) in [6, 6.07) is 4.18. The van der Waals surface area contributed by atoms with Crippen LogP contribution in [0.2, 0.25) is 5.02 Å². The molecule has 1 fully saturated rings. The second-order valence-electron chi connectivity index (χ2n) is 4.22. The summed E-state index contributed by atoms with van der Waals surface area (Å²) in [4.78, 5) is 2.33. The number of nitrogens with one attached hydrogen (secondary N) is 1. The van der Waals surface area contributed by atoms with Gasteiger partial charge in [-0.25, -0.2) is 0 Å². The first-order valence-electron chi connectivity index (χ1n) is 6.08. The molecular weight excluding hydrogens is 236 g/mol. The Hall–Kier alpha value is -0.930. The predicted molar refractivity (Wildman–Crippen MR) is 72.5 cm³/mol. The molecule has 0 atom stereocenters. The Morgan fingerprint density at radius 3 is 2.65 bits per heavy atom. The number of hydrogen-bond donors (Lipinski definition) is 1. The van der Waals surface area contributed by atoms with E-state index >= 15 is 0 Å². The van der Waals surface area contributed by atoms with Crippen LogP contribution in [0.3, 0.4) is 0 Å². The number of nitrogens with zero attached hydrogens (tertiary/aromatic N) is 1. The van der Waals surface area contributed by atoms with Crippen LogP contribution in [0.25, 0.3) is 0 Å². The van der Waals surface area contributed by atoms with Gasteiger partial charge in [-0.15, -0.1) is 0 Å². The molecule has 1 heterocycles. The number of rotatable bonds is 3. The summed E-state index contributed by atoms with van der Waals surface area (Å²) in [5.74, 6) is 0.797. The molecule has 1 aliphatic rings. The molecule has 17 heavy (non-hydrogen) atoms. The van der Waals surface area contributed by atoms with Crippen LogP contribution in [-0.4, -0.2) is 33.3 Å². The van der Waals surface area contributed by atoms with Gasteiger partial charge in [0.05, 0.1) is 17.8 Å². The van der Waals surface area contributed by atoms with Crippen LogP contribution in [0.15, 0.2) is 12.1 Å². The maximum Gasteiger partial charge on any atom is 0.160 e. The van der Waals surface area contributed by atoms with E-state index in [0.29, 0.717) is 5.02 Å². The van der Waals surface area contributed by atoms with Gasteiger partial charge in [0.1, 0.15) is 0 Å². The van der Waals surface area contributed by atoms with Gasteiger partial charge in [0.2, 0.25) is 0 Å². The van der Waals surface area contributed by atoms with Crippen LogP contribution in [0.4, 0.5) is 5.69 Å². The minimum atomic E-state index is 0.709. The molecule has 0 unspecified atom stereocenters. The summed E-state index contributed by atoms with van der Waals surface area (Å²) in [7, 11) is 1.68. The van der Waals surface area contributed by atoms with Crippen LogP contribution in [0.5, 0.6) is 5.75 Å². The van der Waals surface area contributed by atoms with Crippen LogP contribution in [0, 0.1) is 0 Å². The van der Waals surface area contributed by atoms with Crippen molar-refractivity contribution in [2.45, 2.75) is 13.3 Å². The third-order valence-electron chi connectivity index (χ3n) is 3.15. The van der Waals surface area contributed by atoms with E-state index in [1.807, 2.05) is 6.07 Å². The highest BCUT2D eigenvalue weighted by Gasteiger charge is 2.17. The largest absolute Gasteiger partial charge is 0.493 e. The van der Waals surface area contributed by atoms with Gasteiger partial charge in [-0.3, -0.25) is 0 Å². The molecule has 0 bridgehead atoms. The molecule has 1 aromatic carbocycles. The second-order valence-corrected chi connectivity index (χ2v) is 4.63. The van der Waals surface area contributed by atoms with Gasteiger partial charge < -0.3 is 15.0 Å². The van der Waals surface area contributed by atoms with Crippen molar-refractivity contribution in [3.63, 3.8) is 0 Å². The molecule has 1 saturated heterocycles. The second kappa shape index (κ2) is 5.61. The summed E-state index contributed by atoms with van der Waals surface area (Å²) in [5.41, 5.74) is 2.38. The summed E-state index contributed by atoms with van der Waals surface area (Å²) >= 11 is 6.27. The Balaban J connectivity index is 2.38. The lowest BCUT2D eigenvalue weighted by Crippen LogP contribution is -2.43. The highest BCUT2D eigenvalue weighted by molar-refractivity contribution is 6.32. The number of piperazine rings is 1. The number of hydrogen-bond acceptors (Lipinski definition) is 3. The smallest absolute Gasteiger partial charge is 0.160 e. The Bertz CT molecular complexity index is 389. The number of benzene rings is 1. The zero-order valence-corrected chi connectivity index (χ0v) is 11.2. The Kier molecular flexibility index (Phi) is 4.13. The van der Waals surface area contributed by atoms with Crippen molar-refractivity contribution in [2.24, 2.45) is 0 Å². The average molecular weight is 255 g/mol. The van der Waals surface area contributed by atoms with Gasteiger partial charge in [-0.2, -0.15) is 0 Å². The van der Waals surface area contributed by atoms with Crippen molar-refractivity contribution < 1.29 is 4.74 Å². The standard InChI is InChI=1S/C13H19ClN2O/c1-3-10-8-11(14)13(17-2)12(9-10)16-6-4-15-5-7-16/h8-9,15H,3-7H2,1-2H3. The van der Waals surface area contributed by atoms with Gasteiger partial charge in [-0.05, 0) is 24.1 Å². The molecule has 1 aromatic rings. The minimum absolute atomic E-state index is 0.709. The quantitative estimate of drug-likeness (QED) is 0.896. The number of aryl methyl sites for hydroxylation is 1. The van der Waals surface area contributed by atoms with Crippen molar-refractivity contribution in [3.8, 4) is 5.75 Å². The van der Waals surface area contributed by atoms with Crippen molar-refractivity contribution in [3.05, 3.63) is 22.7 Å². The molecule has 0 amide bonds. The van der Waals surface area contributed by atoms with E-state index in [9.17, 15) is 0 Å². The molecule has 1 aliphatic heterocycles. The van der Waals surface area contributed by atoms with Gasteiger partial charge in [0.25, 0.3) is 0 Å². The van der Waals surface area contributed by atoms with E-state index in [4.69, 9.17) is 16.3 Å². The molecule has 3 nitrogen and oxygen atoms in total. The van der Waals surface area contributed by atoms with Gasteiger partial charge in [0, 0.05) is 26.2 Å². The van der Waals surface area contributed by atoms with E-state index < -0.39 is 0 Å². The summed E-state index contributed by atoms with van der Waals surface area (Å²) in [6.45, 7) is 6.16. The van der Waals surface area contributed by atoms with E-state index in [0.717, 1.165) is 44.0 Å². The molecule has 0 radical (unpaired) electrons. The van der Waals surface area contributed by atoms with E-state index in [2.05, 4.69) is 23.2 Å². The van der Waals surface area contributed by atoms with Crippen LogP contribution < -0.4 is 15.0 Å². The monoisotopic (exact) mass is 254 g/mol. The number of anilines is 1. The first-order chi connectivity index (χ1) is 8.26. The third-order valence-corrected chi connectivity index (χ3v) is 3.43. The van der Waals surface area contributed by atoms with Crippen molar-refractivity contribution in [1.29, 1.82) is 0 Å². The summed E-state index contributed by atoms with van der Waals surface area (Å²) in [5, 5.41) is 4.06. The normalized spacial score (nSPS) is 16.1. The number of ether oxygens (including phenoxy) is 1. The van der Waals surface area contributed by atoms with E-state index in [-0.39, 0.29) is 0 Å². The van der Waals surface area contributed by atoms with Gasteiger partial charge >= 0.3 is 0 Å². The van der Waals surface area contributed by atoms with Crippen molar-refractivity contribution in [1.82, 2.24) is 5.32 Å². The van der Waals surface area contributed by atoms with Crippen molar-refractivity contribution >= 4 is 17.3 Å². The lowest BCUT2D eigenvalue weighted by atomic mass is 10.1. The Morgan fingerprint density at radius 1 is 1.35 bits per heavy atom. The first-order valence-corrected chi connectivity index (χ1v) is 6.46. The fourth-order valence-corrected chi connectivity index (χ4v) is 2.49. The lowest BCUT2D eigenvalue weighted by molar-refractivity contribution is 0.413. The van der Waals surface area contributed by atoms with Crippen LogP contribution >= 0.6 is 11.6 Å². The molecule has 4 heteroatoms. The number of methoxy groups -OCH3 is 1. The maximum atomic E-state index is 6.27. The molecule has 0 saturated carbocycles. The molecule has 0 aromatic heterocycles. The molecule has 0 spiro atoms. The van der Waals surface area contributed by atoms with Gasteiger partial charge in [0.15, 0.2) is 5.75 Å². The summed E-state index contributed by atoms with van der Waals surface area (Å²) < 4.78 is 5.43. The molecule has 94 valence electrons. The zero-order chi connectivity index (χ0) is 12.3. The maximum absolute atomic E-state index is 6.27. The average Bonchev–Trinajstić information content (AvgIpc) is 2.38. The van der Waals surface area contributed by atoms with Crippen molar-refractivity contribution in [2.75, 3.05) is 38.2 Å². The van der Waals surface area contributed by atoms with Crippen LogP contribution in [0.1, 0.15) is 12.5 Å². The van der Waals surface area contributed by atoms with E-state index in [1.165, 1.54) is 5.56 Å². The topological polar surface area (TPSA) is 24.5 Å².